The standard InChI is InChI=1S/C14H22N4O/c1-10-3-2-4-12(7-10)17-9-11-5-6-16-13(8-11)14(15)18-19/h5-6,8,10,12,17,19H,2-4,7,9H2,1H3,(H2,15,18). The van der Waals surface area contributed by atoms with Gasteiger partial charge in [0.15, 0.2) is 5.84 Å². The average molecular weight is 262 g/mol. The van der Waals surface area contributed by atoms with Crippen LogP contribution in [0, 0.1) is 5.92 Å². The van der Waals surface area contributed by atoms with Gasteiger partial charge in [-0.25, -0.2) is 0 Å². The van der Waals surface area contributed by atoms with Crippen LogP contribution in [0.2, 0.25) is 0 Å². The molecule has 0 radical (unpaired) electrons. The number of hydrogen-bond donors (Lipinski definition) is 3. The first-order chi connectivity index (χ1) is 9.19. The summed E-state index contributed by atoms with van der Waals surface area (Å²) >= 11 is 0. The summed E-state index contributed by atoms with van der Waals surface area (Å²) in [6.07, 6.45) is 6.85. The predicted octanol–water partition coefficient (Wildman–Crippen LogP) is 1.84. The van der Waals surface area contributed by atoms with Gasteiger partial charge in [0.1, 0.15) is 5.69 Å². The van der Waals surface area contributed by atoms with Crippen molar-refractivity contribution in [1.82, 2.24) is 10.3 Å². The van der Waals surface area contributed by atoms with Crippen molar-refractivity contribution in [2.24, 2.45) is 16.8 Å². The van der Waals surface area contributed by atoms with Gasteiger partial charge in [-0.05, 0) is 36.5 Å². The fraction of sp³-hybridized carbons (Fsp3) is 0.571. The zero-order valence-electron chi connectivity index (χ0n) is 11.3. The van der Waals surface area contributed by atoms with Gasteiger partial charge in [-0.2, -0.15) is 0 Å². The molecule has 1 saturated carbocycles. The minimum atomic E-state index is 0.0492. The van der Waals surface area contributed by atoms with Gasteiger partial charge in [0.25, 0.3) is 0 Å². The van der Waals surface area contributed by atoms with Crippen LogP contribution in [0.5, 0.6) is 0 Å². The van der Waals surface area contributed by atoms with Crippen LogP contribution < -0.4 is 11.1 Å². The summed E-state index contributed by atoms with van der Waals surface area (Å²) < 4.78 is 0. The van der Waals surface area contributed by atoms with Crippen molar-refractivity contribution in [2.45, 2.75) is 45.2 Å². The fourth-order valence-electron chi connectivity index (χ4n) is 2.66. The number of rotatable bonds is 4. The minimum Gasteiger partial charge on any atom is -0.409 e. The van der Waals surface area contributed by atoms with Crippen LogP contribution in [0.4, 0.5) is 0 Å². The quantitative estimate of drug-likeness (QED) is 0.334. The van der Waals surface area contributed by atoms with E-state index in [1.54, 1.807) is 6.20 Å². The highest BCUT2D eigenvalue weighted by molar-refractivity contribution is 5.95. The van der Waals surface area contributed by atoms with E-state index in [9.17, 15) is 0 Å². The molecule has 0 spiro atoms. The number of amidine groups is 1. The highest BCUT2D eigenvalue weighted by Crippen LogP contribution is 2.23. The van der Waals surface area contributed by atoms with E-state index in [0.717, 1.165) is 18.0 Å². The Labute approximate surface area is 113 Å². The van der Waals surface area contributed by atoms with Gasteiger partial charge in [-0.3, -0.25) is 4.98 Å². The molecule has 5 nitrogen and oxygen atoms in total. The summed E-state index contributed by atoms with van der Waals surface area (Å²) in [5.74, 6) is 0.865. The van der Waals surface area contributed by atoms with E-state index >= 15 is 0 Å². The fourth-order valence-corrected chi connectivity index (χ4v) is 2.66. The Morgan fingerprint density at radius 2 is 2.42 bits per heavy atom. The molecule has 4 N–H and O–H groups in total. The molecule has 0 bridgehead atoms. The van der Waals surface area contributed by atoms with Gasteiger partial charge in [-0.1, -0.05) is 24.9 Å². The van der Waals surface area contributed by atoms with E-state index < -0.39 is 0 Å². The smallest absolute Gasteiger partial charge is 0.188 e. The van der Waals surface area contributed by atoms with E-state index in [4.69, 9.17) is 10.9 Å². The maximum atomic E-state index is 8.65. The molecule has 1 fully saturated rings. The molecule has 1 aromatic heterocycles. The minimum absolute atomic E-state index is 0.0492. The lowest BCUT2D eigenvalue weighted by Crippen LogP contribution is -2.33. The topological polar surface area (TPSA) is 83.5 Å². The largest absolute Gasteiger partial charge is 0.409 e. The molecule has 2 rings (SSSR count). The van der Waals surface area contributed by atoms with Gasteiger partial charge in [-0.15, -0.1) is 0 Å². The highest BCUT2D eigenvalue weighted by atomic mass is 16.4. The van der Waals surface area contributed by atoms with E-state index in [0.29, 0.717) is 11.7 Å². The van der Waals surface area contributed by atoms with Crippen molar-refractivity contribution in [1.29, 1.82) is 0 Å². The molecule has 0 saturated heterocycles. The number of pyridine rings is 1. The maximum absolute atomic E-state index is 8.65. The number of hydrogen-bond acceptors (Lipinski definition) is 4. The molecule has 0 aliphatic heterocycles. The molecule has 0 amide bonds. The molecule has 1 aliphatic rings. The third kappa shape index (κ3) is 3.92. The number of nitrogens with two attached hydrogens (primary N) is 1. The third-order valence-electron chi connectivity index (χ3n) is 3.73. The summed E-state index contributed by atoms with van der Waals surface area (Å²) in [5, 5.41) is 15.2. The second kappa shape index (κ2) is 6.52. The van der Waals surface area contributed by atoms with Gasteiger partial charge in [0.05, 0.1) is 0 Å². The molecule has 104 valence electrons. The van der Waals surface area contributed by atoms with Crippen molar-refractivity contribution in [3.8, 4) is 0 Å². The molecule has 2 atom stereocenters. The average Bonchev–Trinajstić information content (AvgIpc) is 2.45. The molecule has 1 aliphatic carbocycles. The molecular formula is C14H22N4O. The Morgan fingerprint density at radius 3 is 3.16 bits per heavy atom. The first-order valence-corrected chi connectivity index (χ1v) is 6.85. The summed E-state index contributed by atoms with van der Waals surface area (Å²) in [7, 11) is 0. The Balaban J connectivity index is 1.92. The van der Waals surface area contributed by atoms with Crippen LogP contribution >= 0.6 is 0 Å². The molecule has 1 heterocycles. The van der Waals surface area contributed by atoms with Gasteiger partial charge in [0, 0.05) is 18.8 Å². The summed E-state index contributed by atoms with van der Waals surface area (Å²) in [5.41, 5.74) is 7.16. The van der Waals surface area contributed by atoms with E-state index in [-0.39, 0.29) is 5.84 Å². The van der Waals surface area contributed by atoms with Crippen LogP contribution in [0.25, 0.3) is 0 Å². The number of nitrogens with one attached hydrogen (secondary N) is 1. The number of aromatic nitrogens is 1. The van der Waals surface area contributed by atoms with Crippen LogP contribution in [-0.4, -0.2) is 22.1 Å². The normalized spacial score (nSPS) is 24.4. The van der Waals surface area contributed by atoms with Crippen molar-refractivity contribution < 1.29 is 5.21 Å². The maximum Gasteiger partial charge on any atom is 0.188 e. The van der Waals surface area contributed by atoms with Crippen molar-refractivity contribution in [3.05, 3.63) is 29.6 Å². The molecule has 2 unspecified atom stereocenters. The SMILES string of the molecule is CC1CCCC(NCc2ccnc(C(N)=NO)c2)C1. The van der Waals surface area contributed by atoms with E-state index in [1.165, 1.54) is 25.7 Å². The van der Waals surface area contributed by atoms with Crippen molar-refractivity contribution in [3.63, 3.8) is 0 Å². The lowest BCUT2D eigenvalue weighted by molar-refractivity contribution is 0.300. The van der Waals surface area contributed by atoms with Crippen molar-refractivity contribution >= 4 is 5.84 Å². The van der Waals surface area contributed by atoms with Crippen LogP contribution in [0.1, 0.15) is 43.9 Å². The van der Waals surface area contributed by atoms with Gasteiger partial charge < -0.3 is 16.3 Å². The zero-order valence-corrected chi connectivity index (χ0v) is 11.3. The zero-order chi connectivity index (χ0) is 13.7. The second-order valence-corrected chi connectivity index (χ2v) is 5.38. The van der Waals surface area contributed by atoms with Gasteiger partial charge >= 0.3 is 0 Å². The van der Waals surface area contributed by atoms with E-state index in [1.807, 2.05) is 12.1 Å². The summed E-state index contributed by atoms with van der Waals surface area (Å²) in [6.45, 7) is 3.11. The number of nitrogens with zero attached hydrogens (tertiary/aromatic N) is 2. The van der Waals surface area contributed by atoms with E-state index in [2.05, 4.69) is 22.4 Å². The van der Waals surface area contributed by atoms with Crippen LogP contribution in [0.3, 0.4) is 0 Å². The third-order valence-corrected chi connectivity index (χ3v) is 3.73. The number of oxime groups is 1. The van der Waals surface area contributed by atoms with Crippen molar-refractivity contribution in [2.75, 3.05) is 0 Å². The molecule has 1 aromatic rings. The van der Waals surface area contributed by atoms with Crippen LogP contribution in [0.15, 0.2) is 23.5 Å². The Kier molecular flexibility index (Phi) is 4.74. The Hall–Kier alpha value is -1.62. The molecule has 19 heavy (non-hydrogen) atoms. The lowest BCUT2D eigenvalue weighted by Gasteiger charge is -2.27. The lowest BCUT2D eigenvalue weighted by atomic mass is 9.87. The monoisotopic (exact) mass is 262 g/mol. The first-order valence-electron chi connectivity index (χ1n) is 6.85. The Bertz CT molecular complexity index is 447. The summed E-state index contributed by atoms with van der Waals surface area (Å²) in [4.78, 5) is 4.07. The van der Waals surface area contributed by atoms with Gasteiger partial charge in [0.2, 0.25) is 0 Å². The second-order valence-electron chi connectivity index (χ2n) is 5.38. The molecular weight excluding hydrogens is 240 g/mol. The molecule has 0 aromatic carbocycles. The first kappa shape index (κ1) is 13.8. The Morgan fingerprint density at radius 1 is 1.58 bits per heavy atom. The highest BCUT2D eigenvalue weighted by Gasteiger charge is 2.18. The predicted molar refractivity (Wildman–Crippen MR) is 75.0 cm³/mol. The van der Waals surface area contributed by atoms with Crippen LogP contribution in [-0.2, 0) is 6.54 Å². The summed E-state index contributed by atoms with van der Waals surface area (Å²) in [6, 6.07) is 4.41. The molecule has 5 heteroatoms.